The summed E-state index contributed by atoms with van der Waals surface area (Å²) in [5.74, 6) is -0.728. The van der Waals surface area contributed by atoms with Crippen molar-refractivity contribution >= 4 is 53.3 Å². The number of aromatic nitrogens is 2. The van der Waals surface area contributed by atoms with Gasteiger partial charge in [-0.3, -0.25) is 24.0 Å². The van der Waals surface area contributed by atoms with Gasteiger partial charge in [0.1, 0.15) is 6.04 Å². The minimum Gasteiger partial charge on any atom is -0.384 e. The van der Waals surface area contributed by atoms with Crippen LogP contribution >= 0.6 is 24.8 Å². The molecule has 1 aliphatic heterocycles. The first-order valence-corrected chi connectivity index (χ1v) is 7.51. The highest BCUT2D eigenvalue weighted by Crippen LogP contribution is 2.24. The number of imide groups is 1. The molecule has 0 bridgehead atoms. The summed E-state index contributed by atoms with van der Waals surface area (Å²) in [4.78, 5) is 36.0. The second-order valence-electron chi connectivity index (χ2n) is 5.60. The van der Waals surface area contributed by atoms with Crippen LogP contribution in [-0.4, -0.2) is 34.0 Å². The van der Waals surface area contributed by atoms with Crippen molar-refractivity contribution < 1.29 is 9.59 Å². The maximum Gasteiger partial charge on any atom is 0.329 e. The maximum atomic E-state index is 12.6. The van der Waals surface area contributed by atoms with E-state index in [1.165, 1.54) is 9.13 Å². The monoisotopic (exact) mass is 389 g/mol. The number of carbonyl (C=O) groups excluding carboxylic acids is 2. The lowest BCUT2D eigenvalue weighted by Crippen LogP contribution is -2.44. The number of rotatable bonds is 4. The van der Waals surface area contributed by atoms with E-state index in [4.69, 9.17) is 5.73 Å². The molecule has 8 nitrogen and oxygen atoms in total. The van der Waals surface area contributed by atoms with E-state index in [0.717, 1.165) is 11.2 Å². The van der Waals surface area contributed by atoms with Crippen molar-refractivity contribution in [1.82, 2.24) is 14.5 Å². The van der Waals surface area contributed by atoms with Crippen molar-refractivity contribution in [2.75, 3.05) is 18.4 Å². The van der Waals surface area contributed by atoms with E-state index >= 15 is 0 Å². The summed E-state index contributed by atoms with van der Waals surface area (Å²) in [7, 11) is 1.67. The van der Waals surface area contributed by atoms with Gasteiger partial charge in [0.2, 0.25) is 11.8 Å². The molecule has 1 aromatic heterocycles. The lowest BCUT2D eigenvalue weighted by Gasteiger charge is -2.21. The number of amides is 2. The van der Waals surface area contributed by atoms with Crippen molar-refractivity contribution in [3.8, 4) is 0 Å². The molecule has 0 aliphatic carbocycles. The van der Waals surface area contributed by atoms with E-state index in [2.05, 4.69) is 10.6 Å². The molecule has 25 heavy (non-hydrogen) atoms. The smallest absolute Gasteiger partial charge is 0.329 e. The fraction of sp³-hybridized carbons (Fsp3) is 0.400. The number of aryl methyl sites for hydroxylation is 1. The van der Waals surface area contributed by atoms with Gasteiger partial charge < -0.3 is 11.1 Å². The highest BCUT2D eigenvalue weighted by Gasteiger charge is 2.31. The summed E-state index contributed by atoms with van der Waals surface area (Å²) in [6, 6.07) is 4.85. The summed E-state index contributed by atoms with van der Waals surface area (Å²) in [5.41, 5.74) is 7.46. The van der Waals surface area contributed by atoms with Gasteiger partial charge in [-0.05, 0) is 24.6 Å². The molecule has 0 spiro atoms. The minimum absolute atomic E-state index is 0. The molecule has 138 valence electrons. The second-order valence-corrected chi connectivity index (χ2v) is 5.60. The molecule has 3 rings (SSSR count). The van der Waals surface area contributed by atoms with Gasteiger partial charge in [-0.15, -0.1) is 24.8 Å². The van der Waals surface area contributed by atoms with Crippen LogP contribution in [0.2, 0.25) is 0 Å². The Morgan fingerprint density at radius 3 is 2.60 bits per heavy atom. The summed E-state index contributed by atoms with van der Waals surface area (Å²) in [5, 5.41) is 5.46. The molecule has 10 heteroatoms. The zero-order valence-corrected chi connectivity index (χ0v) is 15.3. The molecule has 1 aliphatic rings. The molecule has 1 saturated heterocycles. The van der Waals surface area contributed by atoms with Crippen LogP contribution in [0.15, 0.2) is 23.0 Å². The van der Waals surface area contributed by atoms with Gasteiger partial charge in [-0.25, -0.2) is 4.79 Å². The van der Waals surface area contributed by atoms with E-state index in [-0.39, 0.29) is 42.8 Å². The van der Waals surface area contributed by atoms with Gasteiger partial charge in [-0.1, -0.05) is 0 Å². The topological polar surface area (TPSA) is 111 Å². The van der Waals surface area contributed by atoms with Gasteiger partial charge >= 0.3 is 5.69 Å². The standard InChI is InChI=1S/C15H19N5O3.2ClH/c1-19-12-8-9(17-7-6-16)2-3-10(12)20(15(19)23)11-4-5-13(21)18-14(11)22;;/h2-3,8,11,17H,4-7,16H2,1H3,(H,18,21,22);2*1H. The van der Waals surface area contributed by atoms with Crippen LogP contribution in [0.1, 0.15) is 18.9 Å². The number of carbonyl (C=O) groups is 2. The fourth-order valence-corrected chi connectivity index (χ4v) is 2.92. The zero-order valence-electron chi connectivity index (χ0n) is 13.7. The predicted molar refractivity (Wildman–Crippen MR) is 101 cm³/mol. The van der Waals surface area contributed by atoms with Crippen LogP contribution in [0.4, 0.5) is 5.69 Å². The molecule has 2 amide bonds. The number of hydrogen-bond acceptors (Lipinski definition) is 5. The molecule has 1 unspecified atom stereocenters. The SMILES string of the molecule is Cl.Cl.Cn1c(=O)n(C2CCC(=O)NC2=O)c2ccc(NCCN)cc21. The Kier molecular flexibility index (Phi) is 7.04. The highest BCUT2D eigenvalue weighted by atomic mass is 35.5. The number of halogens is 2. The van der Waals surface area contributed by atoms with Gasteiger partial charge in [-0.2, -0.15) is 0 Å². The number of nitrogens with zero attached hydrogens (tertiary/aromatic N) is 2. The van der Waals surface area contributed by atoms with Gasteiger partial charge in [0.25, 0.3) is 0 Å². The number of benzene rings is 1. The van der Waals surface area contributed by atoms with Crippen molar-refractivity contribution in [3.63, 3.8) is 0 Å². The molecule has 0 radical (unpaired) electrons. The third kappa shape index (κ3) is 3.81. The molecular weight excluding hydrogens is 369 g/mol. The zero-order chi connectivity index (χ0) is 16.6. The Morgan fingerprint density at radius 1 is 1.24 bits per heavy atom. The van der Waals surface area contributed by atoms with Crippen LogP contribution in [0, 0.1) is 0 Å². The molecule has 0 saturated carbocycles. The summed E-state index contributed by atoms with van der Waals surface area (Å²) < 4.78 is 2.97. The molecular formula is C15H21Cl2N5O3. The normalized spacial score (nSPS) is 16.8. The number of imidazole rings is 1. The van der Waals surface area contributed by atoms with Crippen LogP contribution < -0.4 is 22.1 Å². The summed E-state index contributed by atoms with van der Waals surface area (Å²) in [6.45, 7) is 1.14. The lowest BCUT2D eigenvalue weighted by molar-refractivity contribution is -0.135. The molecule has 1 fully saturated rings. The van der Waals surface area contributed by atoms with E-state index in [0.29, 0.717) is 25.0 Å². The lowest BCUT2D eigenvalue weighted by atomic mass is 10.1. The largest absolute Gasteiger partial charge is 0.384 e. The number of nitrogens with two attached hydrogens (primary N) is 1. The Labute approximate surface area is 156 Å². The van der Waals surface area contributed by atoms with Crippen LogP contribution in [-0.2, 0) is 16.6 Å². The fourth-order valence-electron chi connectivity index (χ4n) is 2.92. The van der Waals surface area contributed by atoms with Crippen molar-refractivity contribution in [1.29, 1.82) is 0 Å². The third-order valence-corrected chi connectivity index (χ3v) is 4.08. The van der Waals surface area contributed by atoms with Crippen LogP contribution in [0.3, 0.4) is 0 Å². The Balaban J connectivity index is 0.00000156. The second kappa shape index (κ2) is 8.37. The van der Waals surface area contributed by atoms with Gasteiger partial charge in [0.15, 0.2) is 0 Å². The Morgan fingerprint density at radius 2 is 1.96 bits per heavy atom. The average molecular weight is 390 g/mol. The first-order valence-electron chi connectivity index (χ1n) is 7.51. The van der Waals surface area contributed by atoms with Crippen molar-refractivity contribution in [2.24, 2.45) is 12.8 Å². The number of anilines is 1. The quantitative estimate of drug-likeness (QED) is 0.660. The Hall–Kier alpha value is -2.03. The molecule has 1 atom stereocenters. The maximum absolute atomic E-state index is 12.6. The average Bonchev–Trinajstić information content (AvgIpc) is 2.77. The van der Waals surface area contributed by atoms with E-state index in [9.17, 15) is 14.4 Å². The number of nitrogens with one attached hydrogen (secondary N) is 2. The van der Waals surface area contributed by atoms with Crippen molar-refractivity contribution in [2.45, 2.75) is 18.9 Å². The minimum atomic E-state index is -0.660. The third-order valence-electron chi connectivity index (χ3n) is 4.08. The first kappa shape index (κ1) is 21.0. The van der Waals surface area contributed by atoms with Gasteiger partial charge in [0.05, 0.1) is 11.0 Å². The molecule has 2 aromatic rings. The Bertz CT molecular complexity index is 846. The summed E-state index contributed by atoms with van der Waals surface area (Å²) in [6.07, 6.45) is 0.562. The highest BCUT2D eigenvalue weighted by molar-refractivity contribution is 6.00. The number of piperidine rings is 1. The van der Waals surface area contributed by atoms with Crippen LogP contribution in [0.25, 0.3) is 11.0 Å². The summed E-state index contributed by atoms with van der Waals surface area (Å²) >= 11 is 0. The van der Waals surface area contributed by atoms with E-state index in [1.807, 2.05) is 12.1 Å². The van der Waals surface area contributed by atoms with Crippen molar-refractivity contribution in [3.05, 3.63) is 28.7 Å². The van der Waals surface area contributed by atoms with E-state index in [1.54, 1.807) is 13.1 Å². The van der Waals surface area contributed by atoms with Crippen LogP contribution in [0.5, 0.6) is 0 Å². The van der Waals surface area contributed by atoms with Gasteiger partial charge in [0, 0.05) is 32.2 Å². The molecule has 1 aromatic carbocycles. The first-order chi connectivity index (χ1) is 11.0. The predicted octanol–water partition coefficient (Wildman–Crippen LogP) is 0.532. The number of fused-ring (bicyclic) bond motifs is 1. The van der Waals surface area contributed by atoms with E-state index < -0.39 is 11.9 Å². The number of hydrogen-bond donors (Lipinski definition) is 3. The molecule has 2 heterocycles. The molecule has 4 N–H and O–H groups in total.